The first kappa shape index (κ1) is 15.6. The Morgan fingerprint density at radius 2 is 1.82 bits per heavy atom. The maximum absolute atomic E-state index is 12.4. The molecule has 1 unspecified atom stereocenters. The topological polar surface area (TPSA) is 80.8 Å². The van der Waals surface area contributed by atoms with Crippen molar-refractivity contribution in [1.82, 2.24) is 4.90 Å². The number of ketones is 1. The van der Waals surface area contributed by atoms with Crippen LogP contribution >= 0.6 is 0 Å². The smallest absolute Gasteiger partial charge is 0.318 e. The fourth-order valence-corrected chi connectivity index (χ4v) is 2.20. The quantitative estimate of drug-likeness (QED) is 0.457. The molecule has 0 saturated carbocycles. The highest BCUT2D eigenvalue weighted by molar-refractivity contribution is 6.33. The lowest BCUT2D eigenvalue weighted by Gasteiger charge is -2.19. The van der Waals surface area contributed by atoms with Gasteiger partial charge in [-0.05, 0) is 12.5 Å². The average Bonchev–Trinajstić information content (AvgIpc) is 2.79. The van der Waals surface area contributed by atoms with Crippen molar-refractivity contribution < 1.29 is 23.9 Å². The molecule has 1 atom stereocenters. The zero-order valence-corrected chi connectivity index (χ0v) is 12.2. The Morgan fingerprint density at radius 3 is 2.36 bits per heavy atom. The number of rotatable bonds is 5. The lowest BCUT2D eigenvalue weighted by Crippen LogP contribution is -2.41. The molecule has 2 amide bonds. The van der Waals surface area contributed by atoms with Gasteiger partial charge in [-0.1, -0.05) is 30.3 Å². The van der Waals surface area contributed by atoms with Crippen LogP contribution in [0.15, 0.2) is 36.4 Å². The van der Waals surface area contributed by atoms with Crippen LogP contribution in [0.1, 0.15) is 12.5 Å². The summed E-state index contributed by atoms with van der Waals surface area (Å²) < 4.78 is 4.54. The van der Waals surface area contributed by atoms with Crippen molar-refractivity contribution in [3.8, 4) is 0 Å². The van der Waals surface area contributed by atoms with Gasteiger partial charge in [0, 0.05) is 12.6 Å². The molecular weight excluding hydrogens is 286 g/mol. The van der Waals surface area contributed by atoms with Crippen LogP contribution in [0.2, 0.25) is 0 Å². The molecule has 1 aliphatic rings. The third-order valence-corrected chi connectivity index (χ3v) is 3.44. The SMILES string of the molecule is COC(=O)C(CN1C(=O)C=C(c2ccccc2)C1=O)C(C)=O. The van der Waals surface area contributed by atoms with Crippen LogP contribution < -0.4 is 0 Å². The number of nitrogens with zero attached hydrogens (tertiary/aromatic N) is 1. The second kappa shape index (κ2) is 6.34. The lowest BCUT2D eigenvalue weighted by atomic mass is 10.0. The largest absolute Gasteiger partial charge is 0.468 e. The van der Waals surface area contributed by atoms with E-state index < -0.39 is 29.5 Å². The number of hydrogen-bond donors (Lipinski definition) is 0. The maximum atomic E-state index is 12.4. The first-order chi connectivity index (χ1) is 10.5. The monoisotopic (exact) mass is 301 g/mol. The molecule has 2 rings (SSSR count). The molecule has 0 aliphatic carbocycles. The number of Topliss-reactive ketones (excluding diaryl/α,β-unsaturated/α-hetero) is 1. The van der Waals surface area contributed by atoms with Gasteiger partial charge >= 0.3 is 5.97 Å². The molecular formula is C16H15NO5. The Hall–Kier alpha value is -2.76. The van der Waals surface area contributed by atoms with Crippen molar-refractivity contribution in [3.63, 3.8) is 0 Å². The predicted octanol–water partition coefficient (Wildman–Crippen LogP) is 0.817. The minimum absolute atomic E-state index is 0.248. The molecule has 1 aromatic rings. The summed E-state index contributed by atoms with van der Waals surface area (Å²) in [6, 6.07) is 8.73. The number of carbonyl (C=O) groups is 4. The highest BCUT2D eigenvalue weighted by atomic mass is 16.5. The summed E-state index contributed by atoms with van der Waals surface area (Å²) in [6.45, 7) is 0.907. The fraction of sp³-hybridized carbons (Fsp3) is 0.250. The van der Waals surface area contributed by atoms with Crippen LogP contribution in [0.3, 0.4) is 0 Å². The molecule has 6 heteroatoms. The fourth-order valence-electron chi connectivity index (χ4n) is 2.20. The first-order valence-corrected chi connectivity index (χ1v) is 6.67. The Bertz CT molecular complexity index is 662. The zero-order chi connectivity index (χ0) is 16.3. The van der Waals surface area contributed by atoms with Gasteiger partial charge in [-0.15, -0.1) is 0 Å². The van der Waals surface area contributed by atoms with Gasteiger partial charge in [-0.25, -0.2) is 0 Å². The van der Waals surface area contributed by atoms with Crippen LogP contribution in [0.25, 0.3) is 5.57 Å². The van der Waals surface area contributed by atoms with E-state index in [-0.39, 0.29) is 12.1 Å². The van der Waals surface area contributed by atoms with E-state index in [4.69, 9.17) is 0 Å². The Kier molecular flexibility index (Phi) is 4.50. The molecule has 0 N–H and O–H groups in total. The van der Waals surface area contributed by atoms with Crippen LogP contribution in [-0.4, -0.2) is 42.1 Å². The van der Waals surface area contributed by atoms with Crippen molar-refractivity contribution in [2.24, 2.45) is 5.92 Å². The van der Waals surface area contributed by atoms with Gasteiger partial charge in [-0.2, -0.15) is 0 Å². The molecule has 0 spiro atoms. The number of imide groups is 1. The second-order valence-electron chi connectivity index (χ2n) is 4.86. The number of amides is 2. The van der Waals surface area contributed by atoms with E-state index in [0.29, 0.717) is 5.56 Å². The number of methoxy groups -OCH3 is 1. The van der Waals surface area contributed by atoms with Crippen molar-refractivity contribution in [3.05, 3.63) is 42.0 Å². The predicted molar refractivity (Wildman–Crippen MR) is 77.3 cm³/mol. The summed E-state index contributed by atoms with van der Waals surface area (Å²) >= 11 is 0. The summed E-state index contributed by atoms with van der Waals surface area (Å²) in [4.78, 5) is 48.4. The van der Waals surface area contributed by atoms with Gasteiger partial charge < -0.3 is 4.74 Å². The lowest BCUT2D eigenvalue weighted by molar-refractivity contribution is -0.150. The third-order valence-electron chi connectivity index (χ3n) is 3.44. The Labute approximate surface area is 127 Å². The molecule has 0 bridgehead atoms. The minimum atomic E-state index is -1.17. The van der Waals surface area contributed by atoms with Crippen molar-refractivity contribution in [1.29, 1.82) is 0 Å². The Morgan fingerprint density at radius 1 is 1.18 bits per heavy atom. The molecule has 1 aromatic carbocycles. The van der Waals surface area contributed by atoms with Gasteiger partial charge in [0.25, 0.3) is 11.8 Å². The molecule has 114 valence electrons. The van der Waals surface area contributed by atoms with Gasteiger partial charge in [0.2, 0.25) is 0 Å². The van der Waals surface area contributed by atoms with E-state index in [1.165, 1.54) is 13.0 Å². The van der Waals surface area contributed by atoms with Gasteiger partial charge in [0.05, 0.1) is 12.7 Å². The second-order valence-corrected chi connectivity index (χ2v) is 4.86. The Balaban J connectivity index is 2.22. The van der Waals surface area contributed by atoms with Gasteiger partial charge in [0.15, 0.2) is 0 Å². The van der Waals surface area contributed by atoms with E-state index in [1.54, 1.807) is 30.3 Å². The summed E-state index contributed by atoms with van der Waals surface area (Å²) in [7, 11) is 1.15. The third kappa shape index (κ3) is 2.95. The molecule has 1 aliphatic heterocycles. The molecule has 0 aromatic heterocycles. The summed E-state index contributed by atoms with van der Waals surface area (Å²) in [5.41, 5.74) is 0.860. The molecule has 6 nitrogen and oxygen atoms in total. The van der Waals surface area contributed by atoms with Crippen LogP contribution in [0.4, 0.5) is 0 Å². The van der Waals surface area contributed by atoms with Gasteiger partial charge in [0.1, 0.15) is 11.7 Å². The van der Waals surface area contributed by atoms with Crippen molar-refractivity contribution in [2.75, 3.05) is 13.7 Å². The molecule has 0 saturated heterocycles. The van der Waals surface area contributed by atoms with E-state index in [1.807, 2.05) is 0 Å². The first-order valence-electron chi connectivity index (χ1n) is 6.67. The number of ether oxygens (including phenoxy) is 1. The number of esters is 1. The van der Waals surface area contributed by atoms with Gasteiger partial charge in [-0.3, -0.25) is 24.1 Å². The maximum Gasteiger partial charge on any atom is 0.318 e. The number of hydrogen-bond acceptors (Lipinski definition) is 5. The molecule has 0 fully saturated rings. The normalized spacial score (nSPS) is 15.5. The summed E-state index contributed by atoms with van der Waals surface area (Å²) in [5, 5.41) is 0. The van der Waals surface area contributed by atoms with Crippen molar-refractivity contribution >= 4 is 29.1 Å². The molecule has 1 heterocycles. The number of benzene rings is 1. The highest BCUT2D eigenvalue weighted by Crippen LogP contribution is 2.24. The van der Waals surface area contributed by atoms with Crippen LogP contribution in [-0.2, 0) is 23.9 Å². The summed E-state index contributed by atoms with van der Waals surface area (Å²) in [5.74, 6) is -3.45. The minimum Gasteiger partial charge on any atom is -0.468 e. The van der Waals surface area contributed by atoms with E-state index in [0.717, 1.165) is 12.0 Å². The van der Waals surface area contributed by atoms with Crippen LogP contribution in [0, 0.1) is 5.92 Å². The summed E-state index contributed by atoms with van der Waals surface area (Å²) in [6.07, 6.45) is 1.21. The number of carbonyl (C=O) groups excluding carboxylic acids is 4. The molecule has 22 heavy (non-hydrogen) atoms. The average molecular weight is 301 g/mol. The van der Waals surface area contributed by atoms with E-state index >= 15 is 0 Å². The van der Waals surface area contributed by atoms with E-state index in [9.17, 15) is 19.2 Å². The van der Waals surface area contributed by atoms with Crippen molar-refractivity contribution in [2.45, 2.75) is 6.92 Å². The van der Waals surface area contributed by atoms with Crippen LogP contribution in [0.5, 0.6) is 0 Å². The standard InChI is InChI=1S/C16H15NO5/c1-10(18)13(16(21)22-2)9-17-14(19)8-12(15(17)20)11-6-4-3-5-7-11/h3-8,13H,9H2,1-2H3. The molecule has 0 radical (unpaired) electrons. The van der Waals surface area contributed by atoms with E-state index in [2.05, 4.69) is 4.74 Å². The zero-order valence-electron chi connectivity index (χ0n) is 12.2. The highest BCUT2D eigenvalue weighted by Gasteiger charge is 2.36.